The van der Waals surface area contributed by atoms with Gasteiger partial charge in [-0.25, -0.2) is 14.6 Å². The van der Waals surface area contributed by atoms with Crippen molar-refractivity contribution in [3.8, 4) is 34.6 Å². The summed E-state index contributed by atoms with van der Waals surface area (Å²) in [5.41, 5.74) is 8.32. The molecule has 2 aliphatic rings. The number of allylic oxidation sites excluding steroid dienone is 2. The van der Waals surface area contributed by atoms with Gasteiger partial charge in [0.2, 0.25) is 5.91 Å². The van der Waals surface area contributed by atoms with E-state index in [0.29, 0.717) is 62.9 Å². The second-order valence-corrected chi connectivity index (χ2v) is 11.2. The normalized spacial score (nSPS) is 20.0. The first-order valence-corrected chi connectivity index (χ1v) is 14.3. The quantitative estimate of drug-likeness (QED) is 0.252. The number of benzene rings is 2. The van der Waals surface area contributed by atoms with Gasteiger partial charge in [0.15, 0.2) is 17.1 Å². The minimum atomic E-state index is -0.0840. The summed E-state index contributed by atoms with van der Waals surface area (Å²) in [6.07, 6.45) is 7.17. The monoisotopic (exact) mass is 603 g/mol. The van der Waals surface area contributed by atoms with E-state index in [1.165, 1.54) is 12.4 Å². The van der Waals surface area contributed by atoms with Gasteiger partial charge in [0, 0.05) is 36.7 Å². The minimum Gasteiger partial charge on any atom is -0.493 e. The van der Waals surface area contributed by atoms with Crippen molar-refractivity contribution < 1.29 is 14.3 Å². The molecule has 2 unspecified atom stereocenters. The molecule has 2 aromatic heterocycles. The number of ether oxygens (including phenoxy) is 2. The van der Waals surface area contributed by atoms with Crippen LogP contribution in [0.15, 0.2) is 54.9 Å². The maximum Gasteiger partial charge on any atom is 0.226 e. The van der Waals surface area contributed by atoms with Crippen LogP contribution in [-0.4, -0.2) is 50.8 Å². The molecule has 1 amide bonds. The molecule has 0 bridgehead atoms. The molecule has 1 aliphatic heterocycles. The number of nitrogens with two attached hydrogens (primary N) is 1. The number of nitrogen functional groups attached to an aromatic ring is 1. The van der Waals surface area contributed by atoms with Gasteiger partial charge >= 0.3 is 0 Å². The molecule has 214 valence electrons. The van der Waals surface area contributed by atoms with Crippen molar-refractivity contribution in [2.24, 2.45) is 11.8 Å². The second kappa shape index (κ2) is 11.5. The number of hydrogen-bond donors (Lipinski definition) is 1. The Labute approximate surface area is 252 Å². The van der Waals surface area contributed by atoms with Crippen LogP contribution in [0.25, 0.3) is 22.3 Å². The SMILES string of the molecule is COc1cc(-c2nn([C@@H]3CCCN(C(=O)C4CC4C=CC#N)C3)c3ncnc(N)c23)ccc1Oc1ccc(Cl)c(Cl)c1. The Balaban J connectivity index is 1.30. The van der Waals surface area contributed by atoms with Crippen molar-refractivity contribution in [3.63, 3.8) is 0 Å². The second-order valence-electron chi connectivity index (χ2n) is 10.4. The number of carbonyl (C=O) groups is 1. The third-order valence-electron chi connectivity index (χ3n) is 7.70. The summed E-state index contributed by atoms with van der Waals surface area (Å²) in [6, 6.07) is 12.4. The van der Waals surface area contributed by atoms with Crippen LogP contribution in [0.1, 0.15) is 25.3 Å². The van der Waals surface area contributed by atoms with Crippen molar-refractivity contribution in [3.05, 3.63) is 64.9 Å². The van der Waals surface area contributed by atoms with Gasteiger partial charge in [-0.1, -0.05) is 29.3 Å². The highest BCUT2D eigenvalue weighted by Gasteiger charge is 2.44. The molecule has 12 heteroatoms. The van der Waals surface area contributed by atoms with Crippen LogP contribution < -0.4 is 15.2 Å². The molecule has 1 saturated carbocycles. The van der Waals surface area contributed by atoms with E-state index in [1.807, 2.05) is 33.9 Å². The lowest BCUT2D eigenvalue weighted by Crippen LogP contribution is -2.42. The number of carbonyl (C=O) groups excluding carboxylic acids is 1. The number of likely N-dealkylation sites (tertiary alicyclic amines) is 1. The Morgan fingerprint density at radius 3 is 2.81 bits per heavy atom. The zero-order chi connectivity index (χ0) is 29.4. The molecule has 6 rings (SSSR count). The topological polar surface area (TPSA) is 132 Å². The predicted molar refractivity (Wildman–Crippen MR) is 159 cm³/mol. The summed E-state index contributed by atoms with van der Waals surface area (Å²) in [4.78, 5) is 23.9. The molecule has 1 aliphatic carbocycles. The van der Waals surface area contributed by atoms with Gasteiger partial charge in [0.05, 0.1) is 34.7 Å². The Morgan fingerprint density at radius 2 is 2.02 bits per heavy atom. The van der Waals surface area contributed by atoms with Gasteiger partial charge in [-0.3, -0.25) is 4.79 Å². The number of anilines is 1. The minimum absolute atomic E-state index is 0.0617. The Kier molecular flexibility index (Phi) is 7.62. The Morgan fingerprint density at radius 1 is 1.17 bits per heavy atom. The van der Waals surface area contributed by atoms with E-state index >= 15 is 0 Å². The van der Waals surface area contributed by atoms with Gasteiger partial charge < -0.3 is 20.1 Å². The maximum atomic E-state index is 13.2. The van der Waals surface area contributed by atoms with Crippen molar-refractivity contribution in [2.45, 2.75) is 25.3 Å². The summed E-state index contributed by atoms with van der Waals surface area (Å²) in [7, 11) is 1.56. The van der Waals surface area contributed by atoms with Gasteiger partial charge in [0.25, 0.3) is 0 Å². The molecule has 0 spiro atoms. The standard InChI is InChI=1S/C30H27Cl2N7O3/c1-41-25-13-18(6-9-24(25)42-20-7-8-22(31)23(32)14-20)27-26-28(34)35-16-36-29(26)39(37-27)19-5-3-11-38(15-19)30(40)21-12-17(21)4-2-10-33/h2,4,6-9,13-14,16-17,19,21H,3,5,11-12,15H2,1H3,(H2,34,35,36)/t17?,19-,21?/m1/s1. The lowest BCUT2D eigenvalue weighted by Gasteiger charge is -2.33. The van der Waals surface area contributed by atoms with Gasteiger partial charge in [0.1, 0.15) is 23.6 Å². The van der Waals surface area contributed by atoms with Crippen LogP contribution in [-0.2, 0) is 4.79 Å². The first-order chi connectivity index (χ1) is 20.4. The lowest BCUT2D eigenvalue weighted by atomic mass is 10.0. The summed E-state index contributed by atoms with van der Waals surface area (Å²) in [5, 5.41) is 15.2. The summed E-state index contributed by atoms with van der Waals surface area (Å²) in [5.74, 6) is 1.99. The molecule has 0 radical (unpaired) electrons. The molecule has 1 saturated heterocycles. The number of aromatic nitrogens is 4. The lowest BCUT2D eigenvalue weighted by molar-refractivity contribution is -0.134. The van der Waals surface area contributed by atoms with Crippen molar-refractivity contribution in [1.82, 2.24) is 24.6 Å². The van der Waals surface area contributed by atoms with Crippen LogP contribution >= 0.6 is 23.2 Å². The van der Waals surface area contributed by atoms with E-state index in [2.05, 4.69) is 9.97 Å². The molecule has 4 aromatic rings. The van der Waals surface area contributed by atoms with Gasteiger partial charge in [-0.15, -0.1) is 0 Å². The van der Waals surface area contributed by atoms with Gasteiger partial charge in [-0.2, -0.15) is 10.4 Å². The summed E-state index contributed by atoms with van der Waals surface area (Å²) in [6.45, 7) is 1.21. The maximum absolute atomic E-state index is 13.2. The van der Waals surface area contributed by atoms with Crippen LogP contribution in [0.2, 0.25) is 10.0 Å². The molecular formula is C30H27Cl2N7O3. The third-order valence-corrected chi connectivity index (χ3v) is 8.44. The van der Waals surface area contributed by atoms with Crippen LogP contribution in [0.5, 0.6) is 17.2 Å². The molecular weight excluding hydrogens is 577 g/mol. The summed E-state index contributed by atoms with van der Waals surface area (Å²) >= 11 is 12.2. The number of methoxy groups -OCH3 is 1. The van der Waals surface area contributed by atoms with E-state index in [9.17, 15) is 4.79 Å². The Bertz CT molecular complexity index is 1750. The molecule has 42 heavy (non-hydrogen) atoms. The van der Waals surface area contributed by atoms with E-state index < -0.39 is 0 Å². The zero-order valence-electron chi connectivity index (χ0n) is 22.7. The van der Waals surface area contributed by atoms with Crippen LogP contribution in [0.4, 0.5) is 5.82 Å². The first-order valence-electron chi connectivity index (χ1n) is 13.5. The molecule has 2 aromatic carbocycles. The number of hydrogen-bond acceptors (Lipinski definition) is 8. The van der Waals surface area contributed by atoms with Crippen LogP contribution in [0, 0.1) is 23.2 Å². The molecule has 3 atom stereocenters. The number of nitriles is 1. The summed E-state index contributed by atoms with van der Waals surface area (Å²) < 4.78 is 13.5. The largest absolute Gasteiger partial charge is 0.493 e. The van der Waals surface area contributed by atoms with E-state index in [1.54, 1.807) is 31.4 Å². The molecule has 3 heterocycles. The third kappa shape index (κ3) is 5.33. The first kappa shape index (κ1) is 27.8. The average Bonchev–Trinajstić information content (AvgIpc) is 3.68. The fourth-order valence-electron chi connectivity index (χ4n) is 5.49. The zero-order valence-corrected chi connectivity index (χ0v) is 24.2. The highest BCUT2D eigenvalue weighted by atomic mass is 35.5. The molecule has 2 fully saturated rings. The van der Waals surface area contributed by atoms with Gasteiger partial charge in [-0.05, 0) is 55.5 Å². The highest BCUT2D eigenvalue weighted by molar-refractivity contribution is 6.42. The average molecular weight is 604 g/mol. The predicted octanol–water partition coefficient (Wildman–Crippen LogP) is 6.06. The number of fused-ring (bicyclic) bond motifs is 1. The number of nitrogens with zero attached hydrogens (tertiary/aromatic N) is 6. The fraction of sp³-hybridized carbons (Fsp3) is 0.300. The number of rotatable bonds is 7. The fourth-order valence-corrected chi connectivity index (χ4v) is 5.77. The molecule has 2 N–H and O–H groups in total. The molecule has 10 nitrogen and oxygen atoms in total. The van der Waals surface area contributed by atoms with Crippen molar-refractivity contribution in [1.29, 1.82) is 5.26 Å². The van der Waals surface area contributed by atoms with E-state index in [0.717, 1.165) is 24.8 Å². The van der Waals surface area contributed by atoms with Crippen molar-refractivity contribution >= 4 is 46.0 Å². The van der Waals surface area contributed by atoms with Crippen molar-refractivity contribution in [2.75, 3.05) is 25.9 Å². The number of amides is 1. The van der Waals surface area contributed by atoms with E-state index in [4.69, 9.17) is 48.8 Å². The number of halogens is 2. The van der Waals surface area contributed by atoms with E-state index in [-0.39, 0.29) is 23.8 Å². The highest BCUT2D eigenvalue weighted by Crippen LogP contribution is 2.43. The Hall–Kier alpha value is -4.33. The van der Waals surface area contributed by atoms with Crippen LogP contribution in [0.3, 0.4) is 0 Å². The smallest absolute Gasteiger partial charge is 0.226 e. The number of piperidine rings is 1.